The zero-order valence-corrected chi connectivity index (χ0v) is 14.1. The second-order valence-electron chi connectivity index (χ2n) is 7.12. The Hall–Kier alpha value is -0.610. The van der Waals surface area contributed by atoms with Crippen LogP contribution in [0.1, 0.15) is 51.9 Å². The summed E-state index contributed by atoms with van der Waals surface area (Å²) in [6, 6.07) is 0.396. The van der Waals surface area contributed by atoms with Crippen LogP contribution in [0.3, 0.4) is 0 Å². The van der Waals surface area contributed by atoms with Gasteiger partial charge in [0.05, 0.1) is 6.04 Å². The second-order valence-corrected chi connectivity index (χ2v) is 7.12. The van der Waals surface area contributed by atoms with Gasteiger partial charge in [-0.25, -0.2) is 0 Å². The summed E-state index contributed by atoms with van der Waals surface area (Å²) in [5.41, 5.74) is 0. The summed E-state index contributed by atoms with van der Waals surface area (Å²) in [5, 5.41) is 3.26. The van der Waals surface area contributed by atoms with Crippen molar-refractivity contribution in [1.29, 1.82) is 0 Å². The van der Waals surface area contributed by atoms with Crippen LogP contribution in [0.4, 0.5) is 0 Å². The highest BCUT2D eigenvalue weighted by atomic mass is 16.2. The minimum Gasteiger partial charge on any atom is -0.352 e. The van der Waals surface area contributed by atoms with Gasteiger partial charge in [0.1, 0.15) is 0 Å². The molecule has 122 valence electrons. The minimum atomic E-state index is 0.0153. The van der Waals surface area contributed by atoms with Gasteiger partial charge in [-0.05, 0) is 52.1 Å². The van der Waals surface area contributed by atoms with Crippen LogP contribution in [0.25, 0.3) is 0 Å². The zero-order valence-electron chi connectivity index (χ0n) is 14.1. The van der Waals surface area contributed by atoms with E-state index >= 15 is 0 Å². The smallest absolute Gasteiger partial charge is 0.237 e. The predicted octanol–water partition coefficient (Wildman–Crippen LogP) is 2.10. The quantitative estimate of drug-likeness (QED) is 0.815. The number of amides is 1. The molecular formula is C17H33N3O. The number of carbonyl (C=O) groups is 1. The van der Waals surface area contributed by atoms with Crippen molar-refractivity contribution < 1.29 is 4.79 Å². The summed E-state index contributed by atoms with van der Waals surface area (Å²) >= 11 is 0. The molecule has 0 unspecified atom stereocenters. The summed E-state index contributed by atoms with van der Waals surface area (Å²) in [5.74, 6) is 1.14. The molecule has 1 saturated carbocycles. The highest BCUT2D eigenvalue weighted by Gasteiger charge is 2.26. The summed E-state index contributed by atoms with van der Waals surface area (Å²) in [6.45, 7) is 5.67. The van der Waals surface area contributed by atoms with Crippen LogP contribution >= 0.6 is 0 Å². The Morgan fingerprint density at radius 2 is 1.81 bits per heavy atom. The molecule has 1 amide bonds. The van der Waals surface area contributed by atoms with E-state index in [0.717, 1.165) is 38.3 Å². The van der Waals surface area contributed by atoms with Crippen molar-refractivity contribution in [3.05, 3.63) is 0 Å². The number of piperidine rings is 1. The number of rotatable bonds is 6. The van der Waals surface area contributed by atoms with E-state index in [-0.39, 0.29) is 11.9 Å². The lowest BCUT2D eigenvalue weighted by molar-refractivity contribution is -0.126. The van der Waals surface area contributed by atoms with E-state index < -0.39 is 0 Å². The minimum absolute atomic E-state index is 0.0153. The number of hydrogen-bond donors (Lipinski definition) is 1. The first-order valence-electron chi connectivity index (χ1n) is 8.79. The molecule has 1 N–H and O–H groups in total. The molecule has 0 bridgehead atoms. The lowest BCUT2D eigenvalue weighted by atomic mass is 10.0. The first-order valence-corrected chi connectivity index (χ1v) is 8.79. The molecule has 1 aliphatic carbocycles. The molecule has 0 aromatic rings. The molecule has 1 saturated heterocycles. The van der Waals surface area contributed by atoms with E-state index in [1.54, 1.807) is 0 Å². The van der Waals surface area contributed by atoms with Gasteiger partial charge in [0.25, 0.3) is 0 Å². The van der Waals surface area contributed by atoms with Gasteiger partial charge in [-0.1, -0.05) is 19.8 Å². The molecular weight excluding hydrogens is 262 g/mol. The standard InChI is InChI=1S/C17H33N3O/c1-4-16(19(2)3)17(21)18-15-9-11-20(12-10-15)13-14-7-5-6-8-14/h14-16H,4-13H2,1-3H3,(H,18,21)/t16-/m0/s1. The van der Waals surface area contributed by atoms with Crippen molar-refractivity contribution in [1.82, 2.24) is 15.1 Å². The third-order valence-electron chi connectivity index (χ3n) is 5.24. The van der Waals surface area contributed by atoms with E-state index in [2.05, 4.69) is 17.1 Å². The third kappa shape index (κ3) is 4.96. The van der Waals surface area contributed by atoms with Crippen LogP contribution in [0, 0.1) is 5.92 Å². The topological polar surface area (TPSA) is 35.6 Å². The summed E-state index contributed by atoms with van der Waals surface area (Å²) in [4.78, 5) is 16.9. The summed E-state index contributed by atoms with van der Waals surface area (Å²) in [6.07, 6.45) is 8.82. The lowest BCUT2D eigenvalue weighted by Crippen LogP contribution is -2.50. The number of hydrogen-bond acceptors (Lipinski definition) is 3. The largest absolute Gasteiger partial charge is 0.352 e. The monoisotopic (exact) mass is 295 g/mol. The number of carbonyl (C=O) groups excluding carboxylic acids is 1. The van der Waals surface area contributed by atoms with Crippen molar-refractivity contribution in [3.8, 4) is 0 Å². The first kappa shape index (κ1) is 16.8. The van der Waals surface area contributed by atoms with Crippen molar-refractivity contribution >= 4 is 5.91 Å². The molecule has 1 heterocycles. The van der Waals surface area contributed by atoms with E-state index in [4.69, 9.17) is 0 Å². The van der Waals surface area contributed by atoms with Gasteiger partial charge in [0, 0.05) is 25.7 Å². The Morgan fingerprint density at radius 3 is 2.33 bits per heavy atom. The maximum atomic E-state index is 12.3. The molecule has 4 nitrogen and oxygen atoms in total. The van der Waals surface area contributed by atoms with Crippen molar-refractivity contribution in [2.75, 3.05) is 33.7 Å². The van der Waals surface area contributed by atoms with E-state index in [1.165, 1.54) is 32.2 Å². The Morgan fingerprint density at radius 1 is 1.19 bits per heavy atom. The van der Waals surface area contributed by atoms with E-state index in [1.807, 2.05) is 19.0 Å². The number of nitrogens with zero attached hydrogens (tertiary/aromatic N) is 2. The third-order valence-corrected chi connectivity index (χ3v) is 5.24. The molecule has 2 fully saturated rings. The fourth-order valence-electron chi connectivity index (χ4n) is 3.90. The number of likely N-dealkylation sites (N-methyl/N-ethyl adjacent to an activating group) is 1. The van der Waals surface area contributed by atoms with Gasteiger partial charge in [0.15, 0.2) is 0 Å². The molecule has 2 aliphatic rings. The Kier molecular flexibility index (Phi) is 6.49. The summed E-state index contributed by atoms with van der Waals surface area (Å²) < 4.78 is 0. The van der Waals surface area contributed by atoms with Crippen LogP contribution in [0.5, 0.6) is 0 Å². The maximum absolute atomic E-state index is 12.3. The summed E-state index contributed by atoms with van der Waals surface area (Å²) in [7, 11) is 3.97. The lowest BCUT2D eigenvalue weighted by Gasteiger charge is -2.35. The average molecular weight is 295 g/mol. The molecule has 1 atom stereocenters. The Labute approximate surface area is 130 Å². The van der Waals surface area contributed by atoms with Gasteiger partial charge < -0.3 is 10.2 Å². The molecule has 0 aromatic heterocycles. The van der Waals surface area contributed by atoms with Gasteiger partial charge >= 0.3 is 0 Å². The van der Waals surface area contributed by atoms with Crippen LogP contribution in [0.2, 0.25) is 0 Å². The fourth-order valence-corrected chi connectivity index (χ4v) is 3.90. The molecule has 4 heteroatoms. The molecule has 21 heavy (non-hydrogen) atoms. The van der Waals surface area contributed by atoms with Crippen LogP contribution in [0.15, 0.2) is 0 Å². The van der Waals surface area contributed by atoms with Crippen LogP contribution in [-0.2, 0) is 4.79 Å². The zero-order chi connectivity index (χ0) is 15.2. The van der Waals surface area contributed by atoms with Crippen molar-refractivity contribution in [3.63, 3.8) is 0 Å². The number of nitrogens with one attached hydrogen (secondary N) is 1. The Bertz CT molecular complexity index is 318. The highest BCUT2D eigenvalue weighted by Crippen LogP contribution is 2.26. The van der Waals surface area contributed by atoms with Crippen LogP contribution in [-0.4, -0.2) is 61.5 Å². The molecule has 1 aliphatic heterocycles. The van der Waals surface area contributed by atoms with Gasteiger partial charge in [-0.15, -0.1) is 0 Å². The van der Waals surface area contributed by atoms with Gasteiger partial charge in [0.2, 0.25) is 5.91 Å². The molecule has 0 spiro atoms. The van der Waals surface area contributed by atoms with Crippen molar-refractivity contribution in [2.45, 2.75) is 64.0 Å². The van der Waals surface area contributed by atoms with Gasteiger partial charge in [-0.3, -0.25) is 9.69 Å². The highest BCUT2D eigenvalue weighted by molar-refractivity contribution is 5.81. The Balaban J connectivity index is 1.69. The average Bonchev–Trinajstić information content (AvgIpc) is 2.94. The second kappa shape index (κ2) is 8.14. The first-order chi connectivity index (χ1) is 10.1. The van der Waals surface area contributed by atoms with E-state index in [0.29, 0.717) is 6.04 Å². The maximum Gasteiger partial charge on any atom is 0.237 e. The fraction of sp³-hybridized carbons (Fsp3) is 0.941. The van der Waals surface area contributed by atoms with Gasteiger partial charge in [-0.2, -0.15) is 0 Å². The molecule has 0 radical (unpaired) electrons. The number of likely N-dealkylation sites (tertiary alicyclic amines) is 1. The predicted molar refractivity (Wildman–Crippen MR) is 87.3 cm³/mol. The molecule has 2 rings (SSSR count). The van der Waals surface area contributed by atoms with E-state index in [9.17, 15) is 4.79 Å². The van der Waals surface area contributed by atoms with Crippen molar-refractivity contribution in [2.24, 2.45) is 5.92 Å². The molecule has 0 aromatic carbocycles. The SMILES string of the molecule is CC[C@@H](C(=O)NC1CCN(CC2CCCC2)CC1)N(C)C. The van der Waals surface area contributed by atoms with Crippen LogP contribution < -0.4 is 5.32 Å². The normalized spacial score (nSPS) is 23.6.